The number of ketones is 1. The zero-order chi connectivity index (χ0) is 7.98. The van der Waals surface area contributed by atoms with Gasteiger partial charge in [-0.3, -0.25) is 0 Å². The van der Waals surface area contributed by atoms with Crippen LogP contribution >= 0.6 is 0 Å². The molecule has 0 aliphatic carbocycles. The highest BCUT2D eigenvalue weighted by atomic mass is 16.1. The van der Waals surface area contributed by atoms with E-state index in [0.29, 0.717) is 12.8 Å². The first-order valence-corrected chi connectivity index (χ1v) is 2.87. The average molecular weight is 136 g/mol. The molecule has 0 fully saturated rings. The van der Waals surface area contributed by atoms with Crippen LogP contribution in [0.3, 0.4) is 0 Å². The molecule has 10 heavy (non-hydrogen) atoms. The van der Waals surface area contributed by atoms with E-state index in [9.17, 15) is 4.79 Å². The minimum Gasteiger partial charge on any atom is -0.360 e. The molecule has 3 heteroatoms. The molecule has 0 atom stereocenters. The number of carbonyl (C=O) groups is 1. The van der Waals surface area contributed by atoms with Gasteiger partial charge in [-0.1, -0.05) is 0 Å². The zero-order valence-corrected chi connectivity index (χ0v) is 5.79. The summed E-state index contributed by atoms with van der Waals surface area (Å²) >= 11 is 0. The van der Waals surface area contributed by atoms with Crippen molar-refractivity contribution in [2.75, 3.05) is 0 Å². The Kier molecular flexibility index (Phi) is 3.86. The summed E-state index contributed by atoms with van der Waals surface area (Å²) in [5.74, 6) is 2.19. The standard InChI is InChI=1S/C7H8N2O/c1-3-7(9-8)5-4-6(2)10/h1H,4-5H2,2H3. The van der Waals surface area contributed by atoms with Crippen molar-refractivity contribution in [2.45, 2.75) is 19.8 Å². The van der Waals surface area contributed by atoms with Crippen molar-refractivity contribution in [3.63, 3.8) is 0 Å². The first-order valence-electron chi connectivity index (χ1n) is 2.87. The summed E-state index contributed by atoms with van der Waals surface area (Å²) in [6, 6.07) is 0. The molecule has 0 saturated heterocycles. The molecule has 3 nitrogen and oxygen atoms in total. The predicted octanol–water partition coefficient (Wildman–Crippen LogP) is 0.660. The molecule has 0 N–H and O–H groups in total. The van der Waals surface area contributed by atoms with Crippen molar-refractivity contribution in [2.24, 2.45) is 0 Å². The number of rotatable bonds is 3. The molecule has 0 aliphatic rings. The van der Waals surface area contributed by atoms with Gasteiger partial charge in [-0.15, -0.1) is 6.42 Å². The van der Waals surface area contributed by atoms with E-state index >= 15 is 0 Å². The van der Waals surface area contributed by atoms with E-state index in [1.54, 1.807) is 0 Å². The van der Waals surface area contributed by atoms with Crippen LogP contribution in [0.5, 0.6) is 0 Å². The third-order valence-corrected chi connectivity index (χ3v) is 1.00. The maximum Gasteiger partial charge on any atom is 0.342 e. The second kappa shape index (κ2) is 4.49. The van der Waals surface area contributed by atoms with Crippen LogP contribution in [0.2, 0.25) is 0 Å². The lowest BCUT2D eigenvalue weighted by Crippen LogP contribution is -1.99. The lowest BCUT2D eigenvalue weighted by molar-refractivity contribution is -0.117. The van der Waals surface area contributed by atoms with Crippen LogP contribution < -0.4 is 0 Å². The summed E-state index contributed by atoms with van der Waals surface area (Å²) in [7, 11) is 0. The Balaban J connectivity index is 3.82. The van der Waals surface area contributed by atoms with Gasteiger partial charge >= 0.3 is 5.71 Å². The van der Waals surface area contributed by atoms with Crippen molar-refractivity contribution >= 4 is 11.5 Å². The largest absolute Gasteiger partial charge is 0.360 e. The molecule has 0 rings (SSSR count). The molecule has 0 aromatic rings. The number of hydrogen-bond donors (Lipinski definition) is 0. The maximum atomic E-state index is 10.4. The average Bonchev–Trinajstić information content (AvgIpc) is 1.90. The molecule has 52 valence electrons. The summed E-state index contributed by atoms with van der Waals surface area (Å²) in [6.07, 6.45) is 5.60. The van der Waals surface area contributed by atoms with Crippen LogP contribution in [-0.4, -0.2) is 16.3 Å². The Bertz CT molecular complexity index is 218. The number of Topliss-reactive ketones (excluding diaryl/α,β-unsaturated/α-hetero) is 1. The topological polar surface area (TPSA) is 53.5 Å². The van der Waals surface area contributed by atoms with Crippen LogP contribution in [0.25, 0.3) is 5.53 Å². The summed E-state index contributed by atoms with van der Waals surface area (Å²) < 4.78 is 0. The highest BCUT2D eigenvalue weighted by molar-refractivity contribution is 5.97. The smallest absolute Gasteiger partial charge is 0.342 e. The van der Waals surface area contributed by atoms with Crippen molar-refractivity contribution in [3.8, 4) is 12.3 Å². The van der Waals surface area contributed by atoms with E-state index < -0.39 is 0 Å². The molecule has 0 bridgehead atoms. The fourth-order valence-electron chi connectivity index (χ4n) is 0.445. The van der Waals surface area contributed by atoms with E-state index in [1.165, 1.54) is 6.92 Å². The van der Waals surface area contributed by atoms with Crippen LogP contribution in [0, 0.1) is 12.3 Å². The van der Waals surface area contributed by atoms with E-state index in [4.69, 9.17) is 12.0 Å². The van der Waals surface area contributed by atoms with Crippen LogP contribution in [0.1, 0.15) is 19.8 Å². The monoisotopic (exact) mass is 136 g/mol. The van der Waals surface area contributed by atoms with Crippen LogP contribution in [-0.2, 0) is 4.79 Å². The molecule has 0 heterocycles. The summed E-state index contributed by atoms with van der Waals surface area (Å²) in [6.45, 7) is 1.46. The minimum absolute atomic E-state index is 0.0383. The van der Waals surface area contributed by atoms with Gasteiger partial charge in [0, 0.05) is 12.3 Å². The van der Waals surface area contributed by atoms with E-state index in [0.717, 1.165) is 0 Å². The van der Waals surface area contributed by atoms with Gasteiger partial charge in [0.05, 0.1) is 6.42 Å². The van der Waals surface area contributed by atoms with Crippen LogP contribution in [0.15, 0.2) is 0 Å². The first kappa shape index (κ1) is 8.61. The van der Waals surface area contributed by atoms with Gasteiger partial charge in [0.2, 0.25) is 0 Å². The quantitative estimate of drug-likeness (QED) is 0.243. The van der Waals surface area contributed by atoms with Crippen molar-refractivity contribution in [3.05, 3.63) is 5.53 Å². The molecule has 0 unspecified atom stereocenters. The molecule has 0 aromatic heterocycles. The van der Waals surface area contributed by atoms with Gasteiger partial charge in [-0.05, 0) is 6.92 Å². The van der Waals surface area contributed by atoms with Crippen LogP contribution in [0.4, 0.5) is 0 Å². The molecule has 0 radical (unpaired) electrons. The fourth-order valence-corrected chi connectivity index (χ4v) is 0.445. The Labute approximate surface area is 59.7 Å². The molecule has 0 spiro atoms. The highest BCUT2D eigenvalue weighted by Gasteiger charge is 2.03. The second-order valence-corrected chi connectivity index (χ2v) is 1.89. The van der Waals surface area contributed by atoms with Gasteiger partial charge < -0.3 is 10.3 Å². The minimum atomic E-state index is 0.0383. The van der Waals surface area contributed by atoms with Gasteiger partial charge in [0.1, 0.15) is 5.78 Å². The fraction of sp³-hybridized carbons (Fsp3) is 0.429. The summed E-state index contributed by atoms with van der Waals surface area (Å²) in [5.41, 5.74) is 8.39. The molecule has 0 aromatic carbocycles. The number of carbonyl (C=O) groups excluding carboxylic acids is 1. The predicted molar refractivity (Wildman–Crippen MR) is 37.4 cm³/mol. The summed E-state index contributed by atoms with van der Waals surface area (Å²) in [4.78, 5) is 13.2. The Morgan fingerprint density at radius 2 is 2.30 bits per heavy atom. The van der Waals surface area contributed by atoms with Crippen molar-refractivity contribution < 1.29 is 9.58 Å². The Hall–Kier alpha value is -1.39. The Morgan fingerprint density at radius 1 is 1.70 bits per heavy atom. The third kappa shape index (κ3) is 3.59. The van der Waals surface area contributed by atoms with E-state index in [-0.39, 0.29) is 11.5 Å². The molecular weight excluding hydrogens is 128 g/mol. The van der Waals surface area contributed by atoms with Gasteiger partial charge in [-0.2, -0.15) is 4.79 Å². The summed E-state index contributed by atoms with van der Waals surface area (Å²) in [5, 5.41) is 0. The van der Waals surface area contributed by atoms with E-state index in [2.05, 4.69) is 10.7 Å². The van der Waals surface area contributed by atoms with Crippen molar-refractivity contribution in [1.29, 1.82) is 0 Å². The highest BCUT2D eigenvalue weighted by Crippen LogP contribution is 1.90. The number of nitrogens with zero attached hydrogens (tertiary/aromatic N) is 2. The van der Waals surface area contributed by atoms with Gasteiger partial charge in [0.15, 0.2) is 0 Å². The first-order chi connectivity index (χ1) is 4.70. The maximum absolute atomic E-state index is 10.4. The normalized spacial score (nSPS) is 7.60. The lowest BCUT2D eigenvalue weighted by Gasteiger charge is -1.83. The molecule has 0 aliphatic heterocycles. The lowest BCUT2D eigenvalue weighted by atomic mass is 10.2. The molecule has 0 saturated carbocycles. The van der Waals surface area contributed by atoms with Gasteiger partial charge in [0.25, 0.3) is 0 Å². The number of hydrogen-bond acceptors (Lipinski definition) is 1. The zero-order valence-electron chi connectivity index (χ0n) is 5.79. The molecular formula is C7H8N2O. The Morgan fingerprint density at radius 3 is 2.60 bits per heavy atom. The van der Waals surface area contributed by atoms with Crippen molar-refractivity contribution in [1.82, 2.24) is 0 Å². The van der Waals surface area contributed by atoms with E-state index in [1.807, 2.05) is 0 Å². The SMILES string of the molecule is C#CC(CCC(C)=O)=[N+]=[N-]. The van der Waals surface area contributed by atoms with Gasteiger partial charge in [-0.25, -0.2) is 0 Å². The second-order valence-electron chi connectivity index (χ2n) is 1.89. The third-order valence-electron chi connectivity index (χ3n) is 1.00. The number of terminal acetylenes is 1. The molecule has 0 amide bonds.